The molecule has 182 valence electrons. The highest BCUT2D eigenvalue weighted by Crippen LogP contribution is 2.22. The van der Waals surface area contributed by atoms with Crippen molar-refractivity contribution in [2.75, 3.05) is 23.8 Å². The summed E-state index contributed by atoms with van der Waals surface area (Å²) in [5.74, 6) is 1.15. The van der Waals surface area contributed by atoms with Crippen molar-refractivity contribution in [3.63, 3.8) is 0 Å². The molecule has 0 spiro atoms. The largest absolute Gasteiger partial charge is 0.494 e. The van der Waals surface area contributed by atoms with Crippen LogP contribution in [0.15, 0.2) is 97.1 Å². The molecule has 2 N–H and O–H groups in total. The molecule has 0 saturated heterocycles. The minimum absolute atomic E-state index is 0.188. The van der Waals surface area contributed by atoms with E-state index in [4.69, 9.17) is 9.47 Å². The van der Waals surface area contributed by atoms with Gasteiger partial charge in [0.1, 0.15) is 11.5 Å². The number of anilines is 2. The third-order valence-corrected chi connectivity index (χ3v) is 5.47. The molecule has 4 rings (SSSR count). The predicted molar refractivity (Wildman–Crippen MR) is 143 cm³/mol. The van der Waals surface area contributed by atoms with Crippen LogP contribution in [0.2, 0.25) is 0 Å². The first kappa shape index (κ1) is 24.5. The third-order valence-electron chi connectivity index (χ3n) is 5.47. The van der Waals surface area contributed by atoms with Crippen molar-refractivity contribution in [3.8, 4) is 22.6 Å². The average Bonchev–Trinajstić information content (AvgIpc) is 2.91. The van der Waals surface area contributed by atoms with Gasteiger partial charge in [0.15, 0.2) is 0 Å². The van der Waals surface area contributed by atoms with Crippen LogP contribution in [-0.4, -0.2) is 25.0 Å². The number of carbonyl (C=O) groups excluding carboxylic acids is 2. The Morgan fingerprint density at radius 3 is 1.17 bits per heavy atom. The first-order chi connectivity index (χ1) is 17.6. The minimum Gasteiger partial charge on any atom is -0.494 e. The van der Waals surface area contributed by atoms with E-state index in [1.54, 1.807) is 24.3 Å². The minimum atomic E-state index is -0.188. The number of amides is 2. The fraction of sp³-hybridized carbons (Fsp3) is 0.133. The highest BCUT2D eigenvalue weighted by molar-refractivity contribution is 6.05. The van der Waals surface area contributed by atoms with Gasteiger partial charge in [0.05, 0.1) is 13.2 Å². The highest BCUT2D eigenvalue weighted by Gasteiger charge is 2.09. The summed E-state index contributed by atoms with van der Waals surface area (Å²) < 4.78 is 10.8. The monoisotopic (exact) mass is 480 g/mol. The van der Waals surface area contributed by atoms with Gasteiger partial charge in [-0.1, -0.05) is 24.3 Å². The van der Waals surface area contributed by atoms with Crippen molar-refractivity contribution >= 4 is 23.2 Å². The molecule has 0 bridgehead atoms. The number of nitrogens with one attached hydrogen (secondary N) is 2. The summed E-state index contributed by atoms with van der Waals surface area (Å²) in [7, 11) is 0. The van der Waals surface area contributed by atoms with Crippen molar-refractivity contribution in [1.82, 2.24) is 0 Å². The summed E-state index contributed by atoms with van der Waals surface area (Å²) >= 11 is 0. The van der Waals surface area contributed by atoms with Gasteiger partial charge in [0.25, 0.3) is 11.8 Å². The molecule has 0 aliphatic heterocycles. The normalized spacial score (nSPS) is 10.4. The molecule has 0 atom stereocenters. The van der Waals surface area contributed by atoms with Crippen molar-refractivity contribution in [2.45, 2.75) is 13.8 Å². The Labute approximate surface area is 210 Å². The lowest BCUT2D eigenvalue weighted by Crippen LogP contribution is -2.12. The van der Waals surface area contributed by atoms with Gasteiger partial charge in [-0.05, 0) is 97.8 Å². The lowest BCUT2D eigenvalue weighted by Gasteiger charge is -2.09. The Balaban J connectivity index is 1.36. The van der Waals surface area contributed by atoms with E-state index in [0.29, 0.717) is 35.7 Å². The maximum Gasteiger partial charge on any atom is 0.255 e. The van der Waals surface area contributed by atoms with Gasteiger partial charge in [-0.15, -0.1) is 0 Å². The number of carbonyl (C=O) groups is 2. The molecule has 6 heteroatoms. The Kier molecular flexibility index (Phi) is 7.98. The summed E-state index contributed by atoms with van der Waals surface area (Å²) in [6.45, 7) is 5.04. The van der Waals surface area contributed by atoms with E-state index in [-0.39, 0.29) is 11.8 Å². The second-order valence-corrected chi connectivity index (χ2v) is 7.98. The summed E-state index contributed by atoms with van der Waals surface area (Å²) in [6.07, 6.45) is 0. The molecule has 0 heterocycles. The molecule has 0 aliphatic rings. The zero-order chi connectivity index (χ0) is 25.3. The van der Waals surface area contributed by atoms with Crippen LogP contribution < -0.4 is 20.1 Å². The number of hydrogen-bond donors (Lipinski definition) is 2. The van der Waals surface area contributed by atoms with Gasteiger partial charge in [-0.3, -0.25) is 9.59 Å². The van der Waals surface area contributed by atoms with E-state index in [0.717, 1.165) is 22.6 Å². The van der Waals surface area contributed by atoms with E-state index >= 15 is 0 Å². The van der Waals surface area contributed by atoms with Gasteiger partial charge < -0.3 is 20.1 Å². The molecule has 36 heavy (non-hydrogen) atoms. The van der Waals surface area contributed by atoms with E-state index < -0.39 is 0 Å². The quantitative estimate of drug-likeness (QED) is 0.281. The van der Waals surface area contributed by atoms with Gasteiger partial charge in [-0.25, -0.2) is 0 Å². The molecular weight excluding hydrogens is 452 g/mol. The van der Waals surface area contributed by atoms with Crippen LogP contribution >= 0.6 is 0 Å². The fourth-order valence-corrected chi connectivity index (χ4v) is 3.64. The Morgan fingerprint density at radius 1 is 0.528 bits per heavy atom. The zero-order valence-corrected chi connectivity index (χ0v) is 20.3. The van der Waals surface area contributed by atoms with E-state index in [1.165, 1.54) is 0 Å². The lowest BCUT2D eigenvalue weighted by atomic mass is 10.0. The first-order valence-electron chi connectivity index (χ1n) is 11.8. The Bertz CT molecular complexity index is 1190. The van der Waals surface area contributed by atoms with Crippen molar-refractivity contribution in [3.05, 3.63) is 108 Å². The van der Waals surface area contributed by atoms with Crippen LogP contribution in [0.4, 0.5) is 11.4 Å². The van der Waals surface area contributed by atoms with Gasteiger partial charge in [-0.2, -0.15) is 0 Å². The number of benzene rings is 4. The van der Waals surface area contributed by atoms with E-state index in [2.05, 4.69) is 10.6 Å². The summed E-state index contributed by atoms with van der Waals surface area (Å²) in [5, 5.41) is 5.78. The van der Waals surface area contributed by atoms with Crippen LogP contribution in [0.3, 0.4) is 0 Å². The van der Waals surface area contributed by atoms with Crippen LogP contribution in [0.5, 0.6) is 11.5 Å². The smallest absolute Gasteiger partial charge is 0.255 e. The number of hydrogen-bond acceptors (Lipinski definition) is 4. The summed E-state index contributed by atoms with van der Waals surface area (Å²) in [6, 6.07) is 29.2. The number of rotatable bonds is 9. The van der Waals surface area contributed by atoms with Gasteiger partial charge >= 0.3 is 0 Å². The molecule has 4 aromatic carbocycles. The number of ether oxygens (including phenoxy) is 2. The van der Waals surface area contributed by atoms with Crippen LogP contribution in [-0.2, 0) is 0 Å². The third kappa shape index (κ3) is 6.30. The topological polar surface area (TPSA) is 76.7 Å². The molecule has 2 amide bonds. The maximum absolute atomic E-state index is 12.6. The second-order valence-electron chi connectivity index (χ2n) is 7.98. The van der Waals surface area contributed by atoms with E-state index in [9.17, 15) is 9.59 Å². The fourth-order valence-electron chi connectivity index (χ4n) is 3.64. The molecular formula is C30H28N2O4. The zero-order valence-electron chi connectivity index (χ0n) is 20.3. The predicted octanol–water partition coefficient (Wildman–Crippen LogP) is 6.66. The maximum atomic E-state index is 12.6. The molecule has 0 unspecified atom stereocenters. The van der Waals surface area contributed by atoms with Crippen LogP contribution in [0.25, 0.3) is 11.1 Å². The van der Waals surface area contributed by atoms with Crippen molar-refractivity contribution in [1.29, 1.82) is 0 Å². The molecule has 0 radical (unpaired) electrons. The first-order valence-corrected chi connectivity index (χ1v) is 11.8. The van der Waals surface area contributed by atoms with E-state index in [1.807, 2.05) is 86.6 Å². The molecule has 4 aromatic rings. The Hall–Kier alpha value is -4.58. The highest BCUT2D eigenvalue weighted by atomic mass is 16.5. The van der Waals surface area contributed by atoms with Crippen molar-refractivity contribution < 1.29 is 19.1 Å². The summed E-state index contributed by atoms with van der Waals surface area (Å²) in [5.41, 5.74) is 4.41. The van der Waals surface area contributed by atoms with Crippen LogP contribution in [0, 0.1) is 0 Å². The molecule has 0 fully saturated rings. The van der Waals surface area contributed by atoms with Crippen LogP contribution in [0.1, 0.15) is 34.6 Å². The Morgan fingerprint density at radius 2 is 0.861 bits per heavy atom. The lowest BCUT2D eigenvalue weighted by molar-refractivity contribution is 0.101. The van der Waals surface area contributed by atoms with Crippen molar-refractivity contribution in [2.24, 2.45) is 0 Å². The average molecular weight is 481 g/mol. The second kappa shape index (κ2) is 11.7. The summed E-state index contributed by atoms with van der Waals surface area (Å²) in [4.78, 5) is 25.2. The van der Waals surface area contributed by atoms with Gasteiger partial charge in [0, 0.05) is 22.5 Å². The standard InChI is InChI=1S/C30H28N2O4/c1-3-35-27-17-13-25(14-18-27)31-29(33)23-9-5-21(6-10-23)22-7-11-24(12-8-22)30(34)32-26-15-19-28(20-16-26)36-4-2/h5-20H,3-4H2,1-2H3,(H,31,33)(H,32,34). The van der Waals surface area contributed by atoms with Gasteiger partial charge in [0.2, 0.25) is 0 Å². The molecule has 0 aromatic heterocycles. The molecule has 0 aliphatic carbocycles. The molecule has 0 saturated carbocycles. The molecule has 6 nitrogen and oxygen atoms in total. The SMILES string of the molecule is CCOc1ccc(NC(=O)c2ccc(-c3ccc(C(=O)Nc4ccc(OCC)cc4)cc3)cc2)cc1.